The van der Waals surface area contributed by atoms with Gasteiger partial charge in [-0.25, -0.2) is 0 Å². The highest BCUT2D eigenvalue weighted by atomic mass is 16.5. The van der Waals surface area contributed by atoms with Gasteiger partial charge in [0.05, 0.1) is 0 Å². The monoisotopic (exact) mass is 253 g/mol. The molecule has 1 aromatic heterocycles. The molecule has 0 atom stereocenters. The van der Waals surface area contributed by atoms with Crippen LogP contribution in [0.25, 0.3) is 0 Å². The van der Waals surface area contributed by atoms with Gasteiger partial charge < -0.3 is 19.9 Å². The summed E-state index contributed by atoms with van der Waals surface area (Å²) in [7, 11) is 3.80. The first-order valence-electron chi connectivity index (χ1n) is 6.27. The molecule has 0 fully saturated rings. The van der Waals surface area contributed by atoms with Crippen molar-refractivity contribution in [2.75, 3.05) is 39.6 Å². The highest BCUT2D eigenvalue weighted by Crippen LogP contribution is 1.98. The Morgan fingerprint density at radius 1 is 1.33 bits per heavy atom. The fourth-order valence-corrected chi connectivity index (χ4v) is 1.83. The van der Waals surface area contributed by atoms with Gasteiger partial charge in [-0.1, -0.05) is 0 Å². The molecule has 0 aliphatic carbocycles. The van der Waals surface area contributed by atoms with Crippen LogP contribution in [0.2, 0.25) is 0 Å². The molecule has 1 aromatic rings. The molecule has 0 radical (unpaired) electrons. The average Bonchev–Trinajstić information content (AvgIpc) is 2.34. The Kier molecular flexibility index (Phi) is 6.46. The van der Waals surface area contributed by atoms with Crippen LogP contribution in [0.3, 0.4) is 0 Å². The Hall–Kier alpha value is -1.33. The van der Waals surface area contributed by atoms with Crippen molar-refractivity contribution in [3.63, 3.8) is 0 Å². The number of nitrogen functional groups attached to an aromatic ring is 1. The Morgan fingerprint density at radius 2 is 2.06 bits per heavy atom. The Bertz CT molecular complexity index is 403. The van der Waals surface area contributed by atoms with Crippen molar-refractivity contribution >= 4 is 5.69 Å². The lowest BCUT2D eigenvalue weighted by Crippen LogP contribution is -2.25. The van der Waals surface area contributed by atoms with Crippen molar-refractivity contribution in [3.05, 3.63) is 28.7 Å². The molecule has 102 valence electrons. The maximum atomic E-state index is 11.5. The van der Waals surface area contributed by atoms with Crippen molar-refractivity contribution in [2.24, 2.45) is 0 Å². The summed E-state index contributed by atoms with van der Waals surface area (Å²) in [4.78, 5) is 13.8. The van der Waals surface area contributed by atoms with E-state index in [0.29, 0.717) is 12.2 Å². The number of aryl methyl sites for hydroxylation is 1. The van der Waals surface area contributed by atoms with E-state index < -0.39 is 0 Å². The van der Waals surface area contributed by atoms with E-state index in [9.17, 15) is 4.79 Å². The fourth-order valence-electron chi connectivity index (χ4n) is 1.83. The standard InChI is InChI=1S/C13H23N3O2/c1-15(8-4-10-18-2)7-3-9-16-11-12(14)5-6-13(16)17/h5-6,11H,3-4,7-10,14H2,1-2H3. The van der Waals surface area contributed by atoms with Gasteiger partial charge in [-0.15, -0.1) is 0 Å². The zero-order valence-electron chi connectivity index (χ0n) is 11.3. The van der Waals surface area contributed by atoms with E-state index in [0.717, 1.165) is 32.5 Å². The number of nitrogens with zero attached hydrogens (tertiary/aromatic N) is 2. The van der Waals surface area contributed by atoms with Crippen LogP contribution < -0.4 is 11.3 Å². The van der Waals surface area contributed by atoms with Gasteiger partial charge in [0.1, 0.15) is 0 Å². The molecule has 1 rings (SSSR count). The van der Waals surface area contributed by atoms with Crippen LogP contribution in [0.15, 0.2) is 23.1 Å². The van der Waals surface area contributed by atoms with Crippen molar-refractivity contribution in [1.82, 2.24) is 9.47 Å². The Labute approximate surface area is 108 Å². The van der Waals surface area contributed by atoms with Crippen molar-refractivity contribution in [3.8, 4) is 0 Å². The van der Waals surface area contributed by atoms with Crippen LogP contribution in [0.5, 0.6) is 0 Å². The molecule has 0 amide bonds. The summed E-state index contributed by atoms with van der Waals surface area (Å²) >= 11 is 0. The first-order chi connectivity index (χ1) is 8.63. The summed E-state index contributed by atoms with van der Waals surface area (Å²) in [5.74, 6) is 0. The van der Waals surface area contributed by atoms with E-state index in [4.69, 9.17) is 10.5 Å². The molecule has 0 aliphatic rings. The minimum absolute atomic E-state index is 0.00577. The van der Waals surface area contributed by atoms with Gasteiger partial charge in [0.25, 0.3) is 5.56 Å². The highest BCUT2D eigenvalue weighted by Gasteiger charge is 2.00. The quantitative estimate of drug-likeness (QED) is 0.696. The maximum absolute atomic E-state index is 11.5. The minimum Gasteiger partial charge on any atom is -0.398 e. The number of hydrogen-bond acceptors (Lipinski definition) is 4. The lowest BCUT2D eigenvalue weighted by atomic mass is 10.3. The molecule has 1 heterocycles. The molecule has 18 heavy (non-hydrogen) atoms. The second-order valence-corrected chi connectivity index (χ2v) is 4.50. The van der Waals surface area contributed by atoms with Crippen molar-refractivity contribution < 1.29 is 4.74 Å². The zero-order chi connectivity index (χ0) is 13.4. The largest absolute Gasteiger partial charge is 0.398 e. The average molecular weight is 253 g/mol. The first-order valence-corrected chi connectivity index (χ1v) is 6.27. The van der Waals surface area contributed by atoms with E-state index in [1.807, 2.05) is 0 Å². The van der Waals surface area contributed by atoms with Gasteiger partial charge in [-0.2, -0.15) is 0 Å². The normalized spacial score (nSPS) is 11.1. The van der Waals surface area contributed by atoms with Gasteiger partial charge in [-0.3, -0.25) is 4.79 Å². The number of hydrogen-bond donors (Lipinski definition) is 1. The smallest absolute Gasteiger partial charge is 0.250 e. The van der Waals surface area contributed by atoms with E-state index in [2.05, 4.69) is 11.9 Å². The van der Waals surface area contributed by atoms with E-state index in [1.165, 1.54) is 6.07 Å². The second kappa shape index (κ2) is 7.89. The first kappa shape index (κ1) is 14.7. The molecule has 0 saturated carbocycles. The van der Waals surface area contributed by atoms with E-state index in [1.54, 1.807) is 23.9 Å². The van der Waals surface area contributed by atoms with Gasteiger partial charge in [-0.05, 0) is 32.5 Å². The summed E-state index contributed by atoms with van der Waals surface area (Å²) in [6.07, 6.45) is 3.67. The summed E-state index contributed by atoms with van der Waals surface area (Å²) in [5.41, 5.74) is 6.29. The van der Waals surface area contributed by atoms with Crippen LogP contribution in [0, 0.1) is 0 Å². The summed E-state index contributed by atoms with van der Waals surface area (Å²) in [6.45, 7) is 3.47. The number of aromatic nitrogens is 1. The molecule has 5 heteroatoms. The number of rotatable bonds is 8. The van der Waals surface area contributed by atoms with Crippen LogP contribution in [0.4, 0.5) is 5.69 Å². The van der Waals surface area contributed by atoms with Crippen LogP contribution in [0.1, 0.15) is 12.8 Å². The van der Waals surface area contributed by atoms with Gasteiger partial charge >= 0.3 is 0 Å². The SMILES string of the molecule is COCCCN(C)CCCn1cc(N)ccc1=O. The third-order valence-electron chi connectivity index (χ3n) is 2.83. The summed E-state index contributed by atoms with van der Waals surface area (Å²) < 4.78 is 6.67. The molecule has 0 aromatic carbocycles. The van der Waals surface area contributed by atoms with Crippen LogP contribution >= 0.6 is 0 Å². The Balaban J connectivity index is 2.28. The summed E-state index contributed by atoms with van der Waals surface area (Å²) in [5, 5.41) is 0. The zero-order valence-corrected chi connectivity index (χ0v) is 11.3. The topological polar surface area (TPSA) is 60.5 Å². The third-order valence-corrected chi connectivity index (χ3v) is 2.83. The highest BCUT2D eigenvalue weighted by molar-refractivity contribution is 5.33. The Morgan fingerprint density at radius 3 is 2.78 bits per heavy atom. The van der Waals surface area contributed by atoms with Crippen LogP contribution in [-0.2, 0) is 11.3 Å². The molecule has 5 nitrogen and oxygen atoms in total. The predicted octanol–water partition coefficient (Wildman–Crippen LogP) is 0.789. The minimum atomic E-state index is 0.00577. The molecule has 0 aliphatic heterocycles. The van der Waals surface area contributed by atoms with Crippen molar-refractivity contribution in [2.45, 2.75) is 19.4 Å². The predicted molar refractivity (Wildman–Crippen MR) is 73.7 cm³/mol. The summed E-state index contributed by atoms with van der Waals surface area (Å²) in [6, 6.07) is 3.15. The van der Waals surface area contributed by atoms with Gasteiger partial charge in [0.2, 0.25) is 0 Å². The third kappa shape index (κ3) is 5.33. The van der Waals surface area contributed by atoms with E-state index >= 15 is 0 Å². The number of pyridine rings is 1. The van der Waals surface area contributed by atoms with Crippen molar-refractivity contribution in [1.29, 1.82) is 0 Å². The molecule has 0 saturated heterocycles. The lowest BCUT2D eigenvalue weighted by molar-refractivity contribution is 0.178. The van der Waals surface area contributed by atoms with Gasteiger partial charge in [0, 0.05) is 44.8 Å². The fraction of sp³-hybridized carbons (Fsp3) is 0.615. The number of methoxy groups -OCH3 is 1. The molecule has 2 N–H and O–H groups in total. The molecular weight excluding hydrogens is 230 g/mol. The van der Waals surface area contributed by atoms with E-state index in [-0.39, 0.29) is 5.56 Å². The number of anilines is 1. The number of ether oxygens (including phenoxy) is 1. The van der Waals surface area contributed by atoms with Crippen LogP contribution in [-0.4, -0.2) is 43.3 Å². The lowest BCUT2D eigenvalue weighted by Gasteiger charge is -2.16. The molecule has 0 spiro atoms. The molecular formula is C13H23N3O2. The molecule has 0 unspecified atom stereocenters. The number of nitrogens with two attached hydrogens (primary N) is 1. The second-order valence-electron chi connectivity index (χ2n) is 4.50. The van der Waals surface area contributed by atoms with Gasteiger partial charge in [0.15, 0.2) is 0 Å². The maximum Gasteiger partial charge on any atom is 0.250 e. The molecule has 0 bridgehead atoms.